The number of rotatable bonds is 6. The van der Waals surface area contributed by atoms with Gasteiger partial charge in [-0.15, -0.1) is 0 Å². The van der Waals surface area contributed by atoms with Crippen molar-refractivity contribution in [2.75, 3.05) is 6.54 Å². The van der Waals surface area contributed by atoms with Crippen LogP contribution in [-0.4, -0.2) is 22.6 Å². The number of carbonyl (C=O) groups excluding carboxylic acids is 1. The Morgan fingerprint density at radius 1 is 1.56 bits per heavy atom. The summed E-state index contributed by atoms with van der Waals surface area (Å²) >= 11 is 0. The standard InChI is InChI=1S/C14H25N3O/c1-5-17-8-6-7-12(17)13(18)16-14(4,10-15)9-11(2)3/h6-8,11H,5,9-10,15H2,1-4H3,(H,16,18). The van der Waals surface area contributed by atoms with Gasteiger partial charge in [0, 0.05) is 19.3 Å². The van der Waals surface area contributed by atoms with Crippen molar-refractivity contribution in [1.29, 1.82) is 0 Å². The van der Waals surface area contributed by atoms with E-state index in [0.717, 1.165) is 13.0 Å². The first kappa shape index (κ1) is 14.8. The molecule has 1 amide bonds. The second-order valence-electron chi connectivity index (χ2n) is 5.50. The lowest BCUT2D eigenvalue weighted by Crippen LogP contribution is -2.52. The molecule has 1 rings (SSSR count). The van der Waals surface area contributed by atoms with Gasteiger partial charge < -0.3 is 15.6 Å². The van der Waals surface area contributed by atoms with Crippen molar-refractivity contribution in [3.8, 4) is 0 Å². The number of hydrogen-bond acceptors (Lipinski definition) is 2. The van der Waals surface area contributed by atoms with Crippen LogP contribution < -0.4 is 11.1 Å². The number of carbonyl (C=O) groups is 1. The molecule has 1 aromatic rings. The monoisotopic (exact) mass is 251 g/mol. The minimum absolute atomic E-state index is 0.0459. The summed E-state index contributed by atoms with van der Waals surface area (Å²) in [6.07, 6.45) is 2.79. The van der Waals surface area contributed by atoms with Gasteiger partial charge >= 0.3 is 0 Å². The summed E-state index contributed by atoms with van der Waals surface area (Å²) in [4.78, 5) is 12.3. The van der Waals surface area contributed by atoms with Crippen LogP contribution in [-0.2, 0) is 6.54 Å². The van der Waals surface area contributed by atoms with Crippen LogP contribution in [0.15, 0.2) is 18.3 Å². The van der Waals surface area contributed by atoms with Crippen LogP contribution in [0.3, 0.4) is 0 Å². The number of hydrogen-bond donors (Lipinski definition) is 2. The molecule has 18 heavy (non-hydrogen) atoms. The van der Waals surface area contributed by atoms with Crippen LogP contribution in [0.1, 0.15) is 44.6 Å². The van der Waals surface area contributed by atoms with Gasteiger partial charge in [0.05, 0.1) is 5.54 Å². The number of aromatic nitrogens is 1. The van der Waals surface area contributed by atoms with E-state index in [1.165, 1.54) is 0 Å². The molecule has 1 aromatic heterocycles. The third-order valence-corrected chi connectivity index (χ3v) is 3.13. The first-order valence-corrected chi connectivity index (χ1v) is 6.59. The van der Waals surface area contributed by atoms with Crippen molar-refractivity contribution in [2.45, 2.75) is 46.2 Å². The molecule has 0 saturated carbocycles. The molecule has 0 radical (unpaired) electrons. The maximum absolute atomic E-state index is 12.3. The van der Waals surface area contributed by atoms with E-state index in [1.807, 2.05) is 36.7 Å². The third-order valence-electron chi connectivity index (χ3n) is 3.13. The van der Waals surface area contributed by atoms with Crippen molar-refractivity contribution >= 4 is 5.91 Å². The van der Waals surface area contributed by atoms with Crippen molar-refractivity contribution in [3.05, 3.63) is 24.0 Å². The minimum Gasteiger partial charge on any atom is -0.344 e. The second-order valence-corrected chi connectivity index (χ2v) is 5.50. The summed E-state index contributed by atoms with van der Waals surface area (Å²) in [7, 11) is 0. The molecule has 0 aliphatic carbocycles. The quantitative estimate of drug-likeness (QED) is 0.812. The van der Waals surface area contributed by atoms with Gasteiger partial charge in [0.25, 0.3) is 5.91 Å². The van der Waals surface area contributed by atoms with Crippen LogP contribution in [0.25, 0.3) is 0 Å². The molecule has 3 N–H and O–H groups in total. The summed E-state index contributed by atoms with van der Waals surface area (Å²) < 4.78 is 1.93. The van der Waals surface area contributed by atoms with Gasteiger partial charge in [-0.1, -0.05) is 13.8 Å². The van der Waals surface area contributed by atoms with Gasteiger partial charge in [-0.25, -0.2) is 0 Å². The average molecular weight is 251 g/mol. The SMILES string of the molecule is CCn1cccc1C(=O)NC(C)(CN)CC(C)C. The normalized spacial score (nSPS) is 14.6. The van der Waals surface area contributed by atoms with Gasteiger partial charge in [-0.2, -0.15) is 0 Å². The van der Waals surface area contributed by atoms with E-state index in [2.05, 4.69) is 19.2 Å². The maximum atomic E-state index is 12.3. The fraction of sp³-hybridized carbons (Fsp3) is 0.643. The Labute approximate surface area is 110 Å². The predicted octanol–water partition coefficient (Wildman–Crippen LogP) is 2.00. The van der Waals surface area contributed by atoms with E-state index < -0.39 is 0 Å². The Bertz CT molecular complexity index is 397. The zero-order chi connectivity index (χ0) is 13.8. The average Bonchev–Trinajstić information content (AvgIpc) is 2.75. The highest BCUT2D eigenvalue weighted by molar-refractivity contribution is 5.93. The number of nitrogens with zero attached hydrogens (tertiary/aromatic N) is 1. The van der Waals surface area contributed by atoms with Crippen molar-refractivity contribution in [2.24, 2.45) is 11.7 Å². The van der Waals surface area contributed by atoms with Gasteiger partial charge in [0.15, 0.2) is 0 Å². The molecule has 0 fully saturated rings. The molecule has 0 saturated heterocycles. The predicted molar refractivity (Wildman–Crippen MR) is 74.5 cm³/mol. The summed E-state index contributed by atoms with van der Waals surface area (Å²) in [5.74, 6) is 0.451. The molecule has 1 unspecified atom stereocenters. The summed E-state index contributed by atoms with van der Waals surface area (Å²) in [5, 5.41) is 3.07. The van der Waals surface area contributed by atoms with Crippen LogP contribution in [0, 0.1) is 5.92 Å². The molecule has 4 nitrogen and oxygen atoms in total. The lowest BCUT2D eigenvalue weighted by molar-refractivity contribution is 0.0889. The Morgan fingerprint density at radius 3 is 2.72 bits per heavy atom. The first-order valence-electron chi connectivity index (χ1n) is 6.59. The third kappa shape index (κ3) is 3.60. The molecular weight excluding hydrogens is 226 g/mol. The number of nitrogens with one attached hydrogen (secondary N) is 1. The highest BCUT2D eigenvalue weighted by Gasteiger charge is 2.27. The fourth-order valence-electron chi connectivity index (χ4n) is 2.32. The molecule has 102 valence electrons. The van der Waals surface area contributed by atoms with Gasteiger partial charge in [0.2, 0.25) is 0 Å². The van der Waals surface area contributed by atoms with E-state index in [1.54, 1.807) is 0 Å². The maximum Gasteiger partial charge on any atom is 0.268 e. The van der Waals surface area contributed by atoms with E-state index in [-0.39, 0.29) is 11.4 Å². The molecular formula is C14H25N3O. The van der Waals surface area contributed by atoms with Crippen LogP contribution >= 0.6 is 0 Å². The van der Waals surface area contributed by atoms with E-state index >= 15 is 0 Å². The summed E-state index contributed by atoms with van der Waals surface area (Å²) in [5.41, 5.74) is 6.16. The number of amides is 1. The molecule has 0 aromatic carbocycles. The smallest absolute Gasteiger partial charge is 0.268 e. The van der Waals surface area contributed by atoms with E-state index in [4.69, 9.17) is 5.73 Å². The van der Waals surface area contributed by atoms with Crippen LogP contribution in [0.5, 0.6) is 0 Å². The number of aryl methyl sites for hydroxylation is 1. The summed E-state index contributed by atoms with van der Waals surface area (Å²) in [6.45, 7) is 9.53. The highest BCUT2D eigenvalue weighted by atomic mass is 16.2. The van der Waals surface area contributed by atoms with Gasteiger partial charge in [-0.3, -0.25) is 4.79 Å². The molecule has 4 heteroatoms. The molecule has 0 aliphatic rings. The summed E-state index contributed by atoms with van der Waals surface area (Å²) in [6, 6.07) is 3.73. The van der Waals surface area contributed by atoms with E-state index in [9.17, 15) is 4.79 Å². The van der Waals surface area contributed by atoms with Crippen molar-refractivity contribution < 1.29 is 4.79 Å². The molecule has 1 heterocycles. The van der Waals surface area contributed by atoms with Gasteiger partial charge in [0.1, 0.15) is 5.69 Å². The lowest BCUT2D eigenvalue weighted by atomic mass is 9.90. The van der Waals surface area contributed by atoms with Crippen LogP contribution in [0.4, 0.5) is 0 Å². The first-order chi connectivity index (χ1) is 8.41. The van der Waals surface area contributed by atoms with E-state index in [0.29, 0.717) is 18.2 Å². The zero-order valence-electron chi connectivity index (χ0n) is 11.9. The lowest BCUT2D eigenvalue weighted by Gasteiger charge is -2.31. The molecule has 0 spiro atoms. The highest BCUT2D eigenvalue weighted by Crippen LogP contribution is 2.16. The Hall–Kier alpha value is -1.29. The Morgan fingerprint density at radius 2 is 2.22 bits per heavy atom. The van der Waals surface area contributed by atoms with Crippen molar-refractivity contribution in [1.82, 2.24) is 9.88 Å². The second kappa shape index (κ2) is 6.05. The number of nitrogens with two attached hydrogens (primary N) is 1. The largest absolute Gasteiger partial charge is 0.344 e. The zero-order valence-corrected chi connectivity index (χ0v) is 11.9. The topological polar surface area (TPSA) is 60.0 Å². The Kier molecular flexibility index (Phi) is 4.96. The fourth-order valence-corrected chi connectivity index (χ4v) is 2.32. The Balaban J connectivity index is 2.79. The minimum atomic E-state index is -0.339. The molecule has 1 atom stereocenters. The molecule has 0 bridgehead atoms. The van der Waals surface area contributed by atoms with Gasteiger partial charge in [-0.05, 0) is 38.3 Å². The van der Waals surface area contributed by atoms with Crippen LogP contribution in [0.2, 0.25) is 0 Å². The molecule has 0 aliphatic heterocycles. The van der Waals surface area contributed by atoms with Crippen molar-refractivity contribution in [3.63, 3.8) is 0 Å².